The Kier molecular flexibility index (Phi) is 6.91. The number of nitrogens with zero attached hydrogens (tertiary/aromatic N) is 5. The molecule has 164 valence electrons. The molecule has 0 spiro atoms. The Hall–Kier alpha value is -2.81. The van der Waals surface area contributed by atoms with Crippen LogP contribution in [0.25, 0.3) is 11.0 Å². The maximum atomic E-state index is 12.4. The van der Waals surface area contributed by atoms with Crippen molar-refractivity contribution in [1.29, 1.82) is 0 Å². The number of nitrogens with one attached hydrogen (secondary N) is 1. The molecule has 31 heavy (non-hydrogen) atoms. The van der Waals surface area contributed by atoms with Crippen LogP contribution in [0, 0.1) is 0 Å². The van der Waals surface area contributed by atoms with Crippen LogP contribution in [0.4, 0.5) is 5.82 Å². The van der Waals surface area contributed by atoms with E-state index >= 15 is 0 Å². The molecule has 3 heterocycles. The molecule has 1 aliphatic rings. The minimum absolute atomic E-state index is 0.159. The molecule has 1 atom stereocenters. The number of para-hydroxylation sites is 1. The quantitative estimate of drug-likeness (QED) is 0.425. The SMILES string of the molecule is CSc1nc(N2CCCCC2)c2cnn(CCNC(=O)C(C)Oc3ccccc3)c2n1. The van der Waals surface area contributed by atoms with Crippen LogP contribution in [0.2, 0.25) is 0 Å². The molecule has 3 aromatic rings. The third kappa shape index (κ3) is 5.10. The van der Waals surface area contributed by atoms with Crippen LogP contribution in [0.5, 0.6) is 5.75 Å². The van der Waals surface area contributed by atoms with Crippen LogP contribution in [0.1, 0.15) is 26.2 Å². The average molecular weight is 441 g/mol. The number of hydrogen-bond donors (Lipinski definition) is 1. The van der Waals surface area contributed by atoms with Gasteiger partial charge in [-0.15, -0.1) is 0 Å². The van der Waals surface area contributed by atoms with E-state index in [-0.39, 0.29) is 5.91 Å². The fraction of sp³-hybridized carbons (Fsp3) is 0.455. The number of anilines is 1. The smallest absolute Gasteiger partial charge is 0.260 e. The van der Waals surface area contributed by atoms with E-state index < -0.39 is 6.10 Å². The molecule has 0 radical (unpaired) electrons. The van der Waals surface area contributed by atoms with Crippen LogP contribution >= 0.6 is 11.8 Å². The number of benzene rings is 1. The van der Waals surface area contributed by atoms with Gasteiger partial charge in [0.25, 0.3) is 5.91 Å². The topological polar surface area (TPSA) is 85.2 Å². The van der Waals surface area contributed by atoms with Crippen LogP contribution in [0.3, 0.4) is 0 Å². The summed E-state index contributed by atoms with van der Waals surface area (Å²) >= 11 is 1.53. The lowest BCUT2D eigenvalue weighted by molar-refractivity contribution is -0.127. The first kappa shape index (κ1) is 21.4. The second-order valence-corrected chi connectivity index (χ2v) is 8.32. The van der Waals surface area contributed by atoms with E-state index in [0.29, 0.717) is 18.8 Å². The van der Waals surface area contributed by atoms with Crippen molar-refractivity contribution in [3.63, 3.8) is 0 Å². The third-order valence-electron chi connectivity index (χ3n) is 5.34. The van der Waals surface area contributed by atoms with E-state index in [1.165, 1.54) is 31.0 Å². The lowest BCUT2D eigenvalue weighted by atomic mass is 10.1. The summed E-state index contributed by atoms with van der Waals surface area (Å²) in [5.74, 6) is 1.48. The van der Waals surface area contributed by atoms with Crippen molar-refractivity contribution in [2.24, 2.45) is 0 Å². The Balaban J connectivity index is 1.42. The zero-order chi connectivity index (χ0) is 21.6. The number of amides is 1. The Labute approximate surface area is 186 Å². The highest BCUT2D eigenvalue weighted by atomic mass is 32.2. The predicted molar refractivity (Wildman–Crippen MR) is 123 cm³/mol. The molecule has 2 aromatic heterocycles. The second kappa shape index (κ2) is 10.00. The number of fused-ring (bicyclic) bond motifs is 1. The van der Waals surface area contributed by atoms with Gasteiger partial charge in [0.1, 0.15) is 11.6 Å². The molecular weight excluding hydrogens is 412 g/mol. The number of rotatable bonds is 8. The van der Waals surface area contributed by atoms with Gasteiger partial charge in [0, 0.05) is 19.6 Å². The van der Waals surface area contributed by atoms with Gasteiger partial charge in [0.05, 0.1) is 18.1 Å². The van der Waals surface area contributed by atoms with Gasteiger partial charge in [-0.2, -0.15) is 5.10 Å². The molecule has 4 rings (SSSR count). The predicted octanol–water partition coefficient (Wildman–Crippen LogP) is 3.12. The van der Waals surface area contributed by atoms with Crippen molar-refractivity contribution in [3.05, 3.63) is 36.5 Å². The molecule has 1 aromatic carbocycles. The number of carbonyl (C=O) groups is 1. The molecule has 1 amide bonds. The number of ether oxygens (including phenoxy) is 1. The van der Waals surface area contributed by atoms with E-state index in [9.17, 15) is 4.79 Å². The first-order chi connectivity index (χ1) is 15.2. The van der Waals surface area contributed by atoms with Gasteiger partial charge in [0.15, 0.2) is 16.9 Å². The van der Waals surface area contributed by atoms with Crippen LogP contribution in [0.15, 0.2) is 41.7 Å². The average Bonchev–Trinajstić information content (AvgIpc) is 3.22. The summed E-state index contributed by atoms with van der Waals surface area (Å²) in [5.41, 5.74) is 0.808. The van der Waals surface area contributed by atoms with E-state index in [1.54, 1.807) is 6.92 Å². The van der Waals surface area contributed by atoms with E-state index in [2.05, 4.69) is 20.3 Å². The van der Waals surface area contributed by atoms with Gasteiger partial charge in [-0.05, 0) is 44.6 Å². The van der Waals surface area contributed by atoms with Gasteiger partial charge in [-0.1, -0.05) is 30.0 Å². The molecule has 8 nitrogen and oxygen atoms in total. The molecule has 9 heteroatoms. The molecule has 0 bridgehead atoms. The molecule has 1 fully saturated rings. The highest BCUT2D eigenvalue weighted by Crippen LogP contribution is 2.28. The summed E-state index contributed by atoms with van der Waals surface area (Å²) in [6, 6.07) is 9.34. The first-order valence-corrected chi connectivity index (χ1v) is 11.9. The van der Waals surface area contributed by atoms with Crippen LogP contribution in [-0.4, -0.2) is 57.6 Å². The highest BCUT2D eigenvalue weighted by Gasteiger charge is 2.20. The molecule has 0 saturated carbocycles. The standard InChI is InChI=1S/C22H28N6O2S/c1-16(30-17-9-5-3-6-10-17)21(29)23-11-14-28-20-18(15-24-28)19(25-22(26-20)31-2)27-12-7-4-8-13-27/h3,5-6,9-10,15-16H,4,7-8,11-14H2,1-2H3,(H,23,29). The summed E-state index contributed by atoms with van der Waals surface area (Å²) in [6.07, 6.45) is 6.88. The van der Waals surface area contributed by atoms with Crippen molar-refractivity contribution in [3.8, 4) is 5.75 Å². The Bertz CT molecular complexity index is 1020. The Morgan fingerprint density at radius 1 is 1.19 bits per heavy atom. The van der Waals surface area contributed by atoms with E-state index in [4.69, 9.17) is 9.72 Å². The monoisotopic (exact) mass is 440 g/mol. The van der Waals surface area contributed by atoms with Crippen LogP contribution < -0.4 is 15.0 Å². The van der Waals surface area contributed by atoms with Gasteiger partial charge in [0.2, 0.25) is 0 Å². The first-order valence-electron chi connectivity index (χ1n) is 10.7. The maximum Gasteiger partial charge on any atom is 0.260 e. The zero-order valence-electron chi connectivity index (χ0n) is 18.0. The summed E-state index contributed by atoms with van der Waals surface area (Å²) in [7, 11) is 0. The number of hydrogen-bond acceptors (Lipinski definition) is 7. The molecule has 1 N–H and O–H groups in total. The normalized spacial score (nSPS) is 15.1. The number of piperidine rings is 1. The van der Waals surface area contributed by atoms with E-state index in [0.717, 1.165) is 35.1 Å². The lowest BCUT2D eigenvalue weighted by Crippen LogP contribution is -2.38. The fourth-order valence-electron chi connectivity index (χ4n) is 3.71. The van der Waals surface area contributed by atoms with Gasteiger partial charge >= 0.3 is 0 Å². The van der Waals surface area contributed by atoms with Crippen molar-refractivity contribution >= 4 is 34.5 Å². The second-order valence-electron chi connectivity index (χ2n) is 7.55. The molecular formula is C22H28N6O2S. The van der Waals surface area contributed by atoms with Crippen LogP contribution in [-0.2, 0) is 11.3 Å². The summed E-state index contributed by atoms with van der Waals surface area (Å²) < 4.78 is 7.52. The summed E-state index contributed by atoms with van der Waals surface area (Å²) in [4.78, 5) is 24.2. The summed E-state index contributed by atoms with van der Waals surface area (Å²) in [5, 5.41) is 9.16. The van der Waals surface area contributed by atoms with Crippen molar-refractivity contribution in [2.45, 2.75) is 44.0 Å². The van der Waals surface area contributed by atoms with Crippen molar-refractivity contribution in [2.75, 3.05) is 30.8 Å². The number of carbonyl (C=O) groups excluding carboxylic acids is 1. The van der Waals surface area contributed by atoms with Crippen molar-refractivity contribution in [1.82, 2.24) is 25.1 Å². The zero-order valence-corrected chi connectivity index (χ0v) is 18.8. The molecule has 0 aliphatic carbocycles. The number of aromatic nitrogens is 4. The lowest BCUT2D eigenvalue weighted by Gasteiger charge is -2.28. The number of thioether (sulfide) groups is 1. The van der Waals surface area contributed by atoms with Gasteiger partial charge < -0.3 is 15.0 Å². The third-order valence-corrected chi connectivity index (χ3v) is 5.89. The molecule has 1 saturated heterocycles. The largest absolute Gasteiger partial charge is 0.481 e. The minimum atomic E-state index is -0.576. The maximum absolute atomic E-state index is 12.4. The molecule has 1 aliphatic heterocycles. The summed E-state index contributed by atoms with van der Waals surface area (Å²) in [6.45, 7) is 4.74. The Morgan fingerprint density at radius 2 is 1.97 bits per heavy atom. The van der Waals surface area contributed by atoms with Gasteiger partial charge in [-0.25, -0.2) is 14.6 Å². The van der Waals surface area contributed by atoms with Crippen molar-refractivity contribution < 1.29 is 9.53 Å². The Morgan fingerprint density at radius 3 is 2.71 bits per heavy atom. The van der Waals surface area contributed by atoms with E-state index in [1.807, 2.05) is 47.5 Å². The minimum Gasteiger partial charge on any atom is -0.481 e. The molecule has 1 unspecified atom stereocenters. The highest BCUT2D eigenvalue weighted by molar-refractivity contribution is 7.98. The fourth-order valence-corrected chi connectivity index (χ4v) is 4.06. The van der Waals surface area contributed by atoms with Gasteiger partial charge in [-0.3, -0.25) is 4.79 Å².